The van der Waals surface area contributed by atoms with Crippen molar-refractivity contribution in [3.05, 3.63) is 0 Å². The quantitative estimate of drug-likeness (QED) is 0.582. The van der Waals surface area contributed by atoms with Gasteiger partial charge in [0.15, 0.2) is 0 Å². The summed E-state index contributed by atoms with van der Waals surface area (Å²) < 4.78 is 4.83. The second-order valence-corrected chi connectivity index (χ2v) is 2.50. The van der Waals surface area contributed by atoms with Crippen LogP contribution in [0.25, 0.3) is 0 Å². The van der Waals surface area contributed by atoms with Crippen LogP contribution in [0.2, 0.25) is 0 Å². The van der Waals surface area contributed by atoms with Gasteiger partial charge in [0, 0.05) is 0 Å². The molecule has 0 radical (unpaired) electrons. The summed E-state index contributed by atoms with van der Waals surface area (Å²) in [6, 6.07) is 0. The Morgan fingerprint density at radius 3 is 1.79 bits per heavy atom. The molecule has 3 nitrogen and oxygen atoms in total. The Hall–Kier alpha value is -0.330. The highest BCUT2D eigenvalue weighted by Gasteiger charge is 1.81. The summed E-state index contributed by atoms with van der Waals surface area (Å²) in [7, 11) is 0. The SMILES string of the molecule is CCCCCOC=S.OC=S.OC=S. The predicted molar refractivity (Wildman–Crippen MR) is 71.7 cm³/mol. The fourth-order valence-electron chi connectivity index (χ4n) is 0.484. The zero-order valence-electron chi connectivity index (χ0n) is 8.09. The number of aliphatic hydroxyl groups is 2. The van der Waals surface area contributed by atoms with E-state index in [4.69, 9.17) is 14.9 Å². The maximum atomic E-state index is 7.26. The van der Waals surface area contributed by atoms with E-state index in [2.05, 4.69) is 43.6 Å². The molecule has 2 N–H and O–H groups in total. The van der Waals surface area contributed by atoms with E-state index < -0.39 is 0 Å². The van der Waals surface area contributed by atoms with Crippen LogP contribution >= 0.6 is 36.7 Å². The van der Waals surface area contributed by atoms with E-state index in [0.717, 1.165) is 13.0 Å². The molecular weight excluding hydrogens is 240 g/mol. The van der Waals surface area contributed by atoms with Gasteiger partial charge in [0.25, 0.3) is 0 Å². The number of rotatable bonds is 5. The van der Waals surface area contributed by atoms with Crippen molar-refractivity contribution in [3.8, 4) is 0 Å². The summed E-state index contributed by atoms with van der Waals surface area (Å²) in [5.74, 6) is 0. The van der Waals surface area contributed by atoms with Crippen molar-refractivity contribution in [3.63, 3.8) is 0 Å². The number of aliphatic hydroxyl groups excluding tert-OH is 2. The van der Waals surface area contributed by atoms with Gasteiger partial charge in [-0.3, -0.25) is 0 Å². The highest BCUT2D eigenvalue weighted by molar-refractivity contribution is 7.78. The van der Waals surface area contributed by atoms with Crippen molar-refractivity contribution in [2.45, 2.75) is 26.2 Å². The number of ether oxygens (including phenoxy) is 1. The summed E-state index contributed by atoms with van der Waals surface area (Å²) in [6.07, 6.45) is 3.60. The third-order valence-corrected chi connectivity index (χ3v) is 1.07. The Kier molecular flexibility index (Phi) is 40.4. The summed E-state index contributed by atoms with van der Waals surface area (Å²) in [4.78, 5) is 0. The molecule has 0 spiro atoms. The fourth-order valence-corrected chi connectivity index (χ4v) is 0.580. The summed E-state index contributed by atoms with van der Waals surface area (Å²) in [5, 5.41) is 14.5. The fraction of sp³-hybridized carbons (Fsp3) is 0.625. The molecule has 0 heterocycles. The molecule has 0 aliphatic carbocycles. The van der Waals surface area contributed by atoms with Gasteiger partial charge in [0.2, 0.25) is 0 Å². The average Bonchev–Trinajstić information content (AvgIpc) is 2.15. The molecule has 0 amide bonds. The smallest absolute Gasteiger partial charge is 0.146 e. The van der Waals surface area contributed by atoms with Gasteiger partial charge in [-0.25, -0.2) is 0 Å². The summed E-state index contributed by atoms with van der Waals surface area (Å²) in [6.45, 7) is 2.95. The van der Waals surface area contributed by atoms with Crippen LogP contribution in [0.4, 0.5) is 0 Å². The summed E-state index contributed by atoms with van der Waals surface area (Å²) in [5.41, 5.74) is 2.50. The Morgan fingerprint density at radius 2 is 1.50 bits per heavy atom. The minimum absolute atomic E-state index is 0.583. The monoisotopic (exact) mass is 256 g/mol. The average molecular weight is 256 g/mol. The third kappa shape index (κ3) is 60.9. The van der Waals surface area contributed by atoms with Crippen molar-refractivity contribution >= 4 is 53.3 Å². The molecule has 0 bridgehead atoms. The van der Waals surface area contributed by atoms with Crippen molar-refractivity contribution in [1.29, 1.82) is 0 Å². The first kappa shape index (κ1) is 19.3. The molecule has 0 rings (SSSR count). The maximum Gasteiger partial charge on any atom is 0.146 e. The molecule has 0 aromatic rings. The van der Waals surface area contributed by atoms with Crippen LogP contribution in [0.5, 0.6) is 0 Å². The van der Waals surface area contributed by atoms with Crippen molar-refractivity contribution < 1.29 is 14.9 Å². The van der Waals surface area contributed by atoms with Crippen LogP contribution in [-0.4, -0.2) is 33.5 Å². The van der Waals surface area contributed by atoms with Gasteiger partial charge in [-0.1, -0.05) is 19.8 Å². The number of hydrogen-bond donors (Lipinski definition) is 2. The Labute approximate surface area is 101 Å². The highest BCUT2D eigenvalue weighted by atomic mass is 32.1. The molecule has 84 valence electrons. The molecule has 0 aliphatic heterocycles. The normalized spacial score (nSPS) is 6.64. The molecule has 0 aromatic heterocycles. The number of thiocarbonyl (C=S) groups is 3. The maximum absolute atomic E-state index is 7.26. The second-order valence-electron chi connectivity index (χ2n) is 1.88. The van der Waals surface area contributed by atoms with Gasteiger partial charge in [-0.15, -0.1) is 0 Å². The highest BCUT2D eigenvalue weighted by Crippen LogP contribution is 1.92. The lowest BCUT2D eigenvalue weighted by molar-refractivity contribution is 0.314. The van der Waals surface area contributed by atoms with Gasteiger partial charge in [0.05, 0.1) is 6.61 Å². The van der Waals surface area contributed by atoms with E-state index in [0.29, 0.717) is 11.1 Å². The van der Waals surface area contributed by atoms with Crippen LogP contribution in [0.1, 0.15) is 26.2 Å². The lowest BCUT2D eigenvalue weighted by Gasteiger charge is -1.95. The molecule has 0 aromatic carbocycles. The summed E-state index contributed by atoms with van der Waals surface area (Å²) >= 11 is 12.1. The first-order valence-corrected chi connectivity index (χ1v) is 5.37. The molecule has 0 saturated carbocycles. The minimum atomic E-state index is 0.583. The third-order valence-electron chi connectivity index (χ3n) is 0.934. The molecule has 14 heavy (non-hydrogen) atoms. The lowest BCUT2D eigenvalue weighted by atomic mass is 10.3. The topological polar surface area (TPSA) is 49.7 Å². The van der Waals surface area contributed by atoms with Gasteiger partial charge in [-0.2, -0.15) is 0 Å². The molecule has 0 unspecified atom stereocenters. The second kappa shape index (κ2) is 29.3. The molecular formula is C8H16O3S3. The van der Waals surface area contributed by atoms with Crippen LogP contribution < -0.4 is 0 Å². The Morgan fingerprint density at radius 1 is 1.07 bits per heavy atom. The molecule has 0 fully saturated rings. The van der Waals surface area contributed by atoms with Gasteiger partial charge >= 0.3 is 0 Å². The van der Waals surface area contributed by atoms with E-state index >= 15 is 0 Å². The van der Waals surface area contributed by atoms with E-state index in [1.54, 1.807) is 0 Å². The van der Waals surface area contributed by atoms with Crippen LogP contribution in [0, 0.1) is 0 Å². The number of hydrogen-bond acceptors (Lipinski definition) is 4. The standard InChI is InChI=1S/C6H12OS.2CH2OS/c1-2-3-4-5-7-6-8;2*2-1-3/h6H,2-5H2,1H3;2*1H,(H,2,3). The predicted octanol–water partition coefficient (Wildman–Crippen LogP) is 3.15. The molecule has 0 aliphatic rings. The van der Waals surface area contributed by atoms with E-state index in [9.17, 15) is 0 Å². The van der Waals surface area contributed by atoms with Crippen LogP contribution in [0.15, 0.2) is 0 Å². The lowest BCUT2D eigenvalue weighted by Crippen LogP contribution is -1.88. The minimum Gasteiger partial charge on any atom is -0.504 e. The van der Waals surface area contributed by atoms with Gasteiger partial charge in [0.1, 0.15) is 16.7 Å². The van der Waals surface area contributed by atoms with E-state index in [1.165, 1.54) is 18.4 Å². The van der Waals surface area contributed by atoms with Crippen molar-refractivity contribution in [1.82, 2.24) is 0 Å². The molecule has 0 atom stereocenters. The van der Waals surface area contributed by atoms with Crippen molar-refractivity contribution in [2.24, 2.45) is 0 Å². The van der Waals surface area contributed by atoms with Crippen molar-refractivity contribution in [2.75, 3.05) is 6.61 Å². The van der Waals surface area contributed by atoms with Gasteiger partial charge < -0.3 is 14.9 Å². The Bertz CT molecular complexity index is 114. The van der Waals surface area contributed by atoms with Crippen LogP contribution in [0.3, 0.4) is 0 Å². The first-order valence-electron chi connectivity index (χ1n) is 3.95. The Balaban J connectivity index is -0.000000168. The largest absolute Gasteiger partial charge is 0.504 e. The van der Waals surface area contributed by atoms with Crippen LogP contribution in [-0.2, 0) is 4.74 Å². The van der Waals surface area contributed by atoms with E-state index in [-0.39, 0.29) is 0 Å². The molecule has 0 saturated heterocycles. The number of unbranched alkanes of at least 4 members (excludes halogenated alkanes) is 2. The zero-order valence-corrected chi connectivity index (χ0v) is 10.5. The first-order chi connectivity index (χ1) is 6.74. The molecule has 6 heteroatoms. The van der Waals surface area contributed by atoms with Gasteiger partial charge in [-0.05, 0) is 43.1 Å². The van der Waals surface area contributed by atoms with E-state index in [1.807, 2.05) is 0 Å². The zero-order chi connectivity index (χ0) is 11.7.